The summed E-state index contributed by atoms with van der Waals surface area (Å²) in [6, 6.07) is 8.02. The van der Waals surface area contributed by atoms with Gasteiger partial charge in [0.1, 0.15) is 5.75 Å². The summed E-state index contributed by atoms with van der Waals surface area (Å²) in [5.74, 6) is 1.05. The highest BCUT2D eigenvalue weighted by molar-refractivity contribution is 5.77. The van der Waals surface area contributed by atoms with Crippen LogP contribution in [0.1, 0.15) is 33.3 Å². The molecule has 0 atom stereocenters. The maximum Gasteiger partial charge on any atom is 0.222 e. The molecule has 0 spiro atoms. The van der Waals surface area contributed by atoms with E-state index >= 15 is 0 Å². The van der Waals surface area contributed by atoms with E-state index in [1.54, 1.807) is 0 Å². The van der Waals surface area contributed by atoms with Crippen molar-refractivity contribution < 1.29 is 9.53 Å². The monoisotopic (exact) mass is 278 g/mol. The highest BCUT2D eigenvalue weighted by Crippen LogP contribution is 2.18. The van der Waals surface area contributed by atoms with Gasteiger partial charge in [-0.05, 0) is 19.9 Å². The van der Waals surface area contributed by atoms with E-state index in [4.69, 9.17) is 4.74 Å². The first-order valence-corrected chi connectivity index (χ1v) is 7.23. The predicted molar refractivity (Wildman–Crippen MR) is 81.8 cm³/mol. The number of carbonyl (C=O) groups excluding carboxylic acids is 1. The lowest BCUT2D eigenvalue weighted by atomic mass is 10.2. The van der Waals surface area contributed by atoms with Gasteiger partial charge in [0, 0.05) is 31.1 Å². The Labute approximate surface area is 121 Å². The zero-order valence-electron chi connectivity index (χ0n) is 12.9. The lowest BCUT2D eigenvalue weighted by Gasteiger charge is -2.15. The van der Waals surface area contributed by atoms with Crippen LogP contribution >= 0.6 is 0 Å². The van der Waals surface area contributed by atoms with Crippen LogP contribution in [0.5, 0.6) is 5.75 Å². The van der Waals surface area contributed by atoms with E-state index in [2.05, 4.69) is 16.7 Å². The van der Waals surface area contributed by atoms with Gasteiger partial charge in [0.05, 0.1) is 6.10 Å². The Bertz CT molecular complexity index is 417. The number of carbonyl (C=O) groups is 1. The van der Waals surface area contributed by atoms with Gasteiger partial charge in [-0.25, -0.2) is 0 Å². The summed E-state index contributed by atoms with van der Waals surface area (Å²) in [7, 11) is 0. The smallest absolute Gasteiger partial charge is 0.222 e. The van der Waals surface area contributed by atoms with Gasteiger partial charge >= 0.3 is 0 Å². The second-order valence-electron chi connectivity index (χ2n) is 5.40. The molecule has 1 amide bonds. The lowest BCUT2D eigenvalue weighted by Crippen LogP contribution is -2.34. The minimum atomic E-state index is 0.0372. The van der Waals surface area contributed by atoms with Crippen molar-refractivity contribution in [1.29, 1.82) is 0 Å². The minimum absolute atomic E-state index is 0.0372. The largest absolute Gasteiger partial charge is 0.491 e. The molecule has 0 aromatic heterocycles. The van der Waals surface area contributed by atoms with Gasteiger partial charge in [0.25, 0.3) is 0 Å². The first-order chi connectivity index (χ1) is 9.50. The Morgan fingerprint density at radius 1 is 1.15 bits per heavy atom. The van der Waals surface area contributed by atoms with Crippen LogP contribution in [0.2, 0.25) is 0 Å². The summed E-state index contributed by atoms with van der Waals surface area (Å²) in [5.41, 5.74) is 1.14. The molecular formula is C16H26N2O2. The van der Waals surface area contributed by atoms with Crippen LogP contribution in [-0.2, 0) is 11.3 Å². The molecule has 1 aromatic carbocycles. The van der Waals surface area contributed by atoms with Crippen LogP contribution in [0.15, 0.2) is 24.3 Å². The first-order valence-electron chi connectivity index (χ1n) is 7.23. The average molecular weight is 278 g/mol. The minimum Gasteiger partial charge on any atom is -0.491 e. The topological polar surface area (TPSA) is 50.4 Å². The zero-order chi connectivity index (χ0) is 15.0. The summed E-state index contributed by atoms with van der Waals surface area (Å²) < 4.78 is 5.76. The van der Waals surface area contributed by atoms with Crippen LogP contribution in [0, 0.1) is 5.92 Å². The predicted octanol–water partition coefficient (Wildman–Crippen LogP) is 2.34. The molecule has 1 aromatic rings. The van der Waals surface area contributed by atoms with Crippen molar-refractivity contribution in [2.24, 2.45) is 5.92 Å². The average Bonchev–Trinajstić information content (AvgIpc) is 2.39. The lowest BCUT2D eigenvalue weighted by molar-refractivity contribution is -0.123. The summed E-state index contributed by atoms with van der Waals surface area (Å²) in [6.07, 6.45) is 0.168. The maximum absolute atomic E-state index is 11.4. The molecule has 4 heteroatoms. The van der Waals surface area contributed by atoms with Gasteiger partial charge in [-0.3, -0.25) is 4.79 Å². The fourth-order valence-electron chi connectivity index (χ4n) is 1.72. The van der Waals surface area contributed by atoms with E-state index in [0.717, 1.165) is 24.4 Å². The van der Waals surface area contributed by atoms with Gasteiger partial charge < -0.3 is 15.4 Å². The zero-order valence-corrected chi connectivity index (χ0v) is 12.9. The number of rotatable bonds is 8. The number of nitrogens with one attached hydrogen (secondary N) is 2. The molecule has 0 aliphatic heterocycles. The van der Waals surface area contributed by atoms with Gasteiger partial charge in [-0.1, -0.05) is 32.0 Å². The highest BCUT2D eigenvalue weighted by Gasteiger charge is 2.06. The van der Waals surface area contributed by atoms with E-state index in [0.29, 0.717) is 6.54 Å². The van der Waals surface area contributed by atoms with Crippen LogP contribution in [-0.4, -0.2) is 25.1 Å². The van der Waals surface area contributed by atoms with Crippen molar-refractivity contribution in [2.45, 2.75) is 40.3 Å². The number of hydrogen-bond acceptors (Lipinski definition) is 3. The summed E-state index contributed by atoms with van der Waals surface area (Å²) in [6.45, 7) is 9.95. The Balaban J connectivity index is 2.33. The van der Waals surface area contributed by atoms with Crippen molar-refractivity contribution in [3.05, 3.63) is 29.8 Å². The van der Waals surface area contributed by atoms with Crippen LogP contribution in [0.4, 0.5) is 0 Å². The Morgan fingerprint density at radius 2 is 1.85 bits per heavy atom. The standard InChI is InChI=1S/C16H26N2O2/c1-12(2)16(19)18-10-9-17-11-14-7-5-6-8-15(14)20-13(3)4/h5-8,12-13,17H,9-11H2,1-4H3,(H,18,19). The third-order valence-corrected chi connectivity index (χ3v) is 2.78. The normalized spacial score (nSPS) is 10.9. The van der Waals surface area contributed by atoms with Crippen molar-refractivity contribution >= 4 is 5.91 Å². The van der Waals surface area contributed by atoms with Gasteiger partial charge in [0.2, 0.25) is 5.91 Å². The first kappa shape index (κ1) is 16.5. The van der Waals surface area contributed by atoms with E-state index in [1.165, 1.54) is 0 Å². The number of para-hydroxylation sites is 1. The molecule has 4 nitrogen and oxygen atoms in total. The molecule has 0 heterocycles. The third kappa shape index (κ3) is 6.06. The number of hydrogen-bond donors (Lipinski definition) is 2. The van der Waals surface area contributed by atoms with E-state index < -0.39 is 0 Å². The molecule has 0 unspecified atom stereocenters. The summed E-state index contributed by atoms with van der Waals surface area (Å²) in [5, 5.41) is 6.20. The van der Waals surface area contributed by atoms with Crippen molar-refractivity contribution in [1.82, 2.24) is 10.6 Å². The number of ether oxygens (including phenoxy) is 1. The van der Waals surface area contributed by atoms with Crippen LogP contribution < -0.4 is 15.4 Å². The molecule has 1 rings (SSSR count). The molecule has 0 fully saturated rings. The van der Waals surface area contributed by atoms with Crippen molar-refractivity contribution in [3.8, 4) is 5.75 Å². The van der Waals surface area contributed by atoms with E-state index in [9.17, 15) is 4.79 Å². The molecule has 2 N–H and O–H groups in total. The Morgan fingerprint density at radius 3 is 2.50 bits per heavy atom. The second kappa shape index (κ2) is 8.59. The maximum atomic E-state index is 11.4. The fourth-order valence-corrected chi connectivity index (χ4v) is 1.72. The summed E-state index contributed by atoms with van der Waals surface area (Å²) in [4.78, 5) is 11.4. The Hall–Kier alpha value is -1.55. The SMILES string of the molecule is CC(C)Oc1ccccc1CNCCNC(=O)C(C)C. The number of amides is 1. The van der Waals surface area contributed by atoms with Gasteiger partial charge in [-0.2, -0.15) is 0 Å². The highest BCUT2D eigenvalue weighted by atomic mass is 16.5. The molecule has 0 radical (unpaired) electrons. The van der Waals surface area contributed by atoms with Crippen LogP contribution in [0.25, 0.3) is 0 Å². The van der Waals surface area contributed by atoms with E-state index in [-0.39, 0.29) is 17.9 Å². The molecule has 0 saturated heterocycles. The molecule has 112 valence electrons. The number of benzene rings is 1. The molecule has 0 bridgehead atoms. The summed E-state index contributed by atoms with van der Waals surface area (Å²) >= 11 is 0. The Kier molecular flexibility index (Phi) is 7.09. The third-order valence-electron chi connectivity index (χ3n) is 2.78. The van der Waals surface area contributed by atoms with Crippen LogP contribution in [0.3, 0.4) is 0 Å². The molecule has 0 aliphatic rings. The van der Waals surface area contributed by atoms with Gasteiger partial charge in [-0.15, -0.1) is 0 Å². The molecular weight excluding hydrogens is 252 g/mol. The van der Waals surface area contributed by atoms with Gasteiger partial charge in [0.15, 0.2) is 0 Å². The molecule has 0 aliphatic carbocycles. The quantitative estimate of drug-likeness (QED) is 0.718. The molecule has 20 heavy (non-hydrogen) atoms. The molecule has 0 saturated carbocycles. The second-order valence-corrected chi connectivity index (χ2v) is 5.40. The van der Waals surface area contributed by atoms with E-state index in [1.807, 2.05) is 45.9 Å². The fraction of sp³-hybridized carbons (Fsp3) is 0.562. The van der Waals surface area contributed by atoms with Crippen molar-refractivity contribution in [2.75, 3.05) is 13.1 Å². The van der Waals surface area contributed by atoms with Crippen molar-refractivity contribution in [3.63, 3.8) is 0 Å².